The molecule has 0 spiro atoms. The van der Waals surface area contributed by atoms with Gasteiger partial charge in [0, 0.05) is 11.4 Å². The standard InChI is InChI=1S/C33H45NO8S2/c1-4-6-27-43-32-12-8-7-10-30(32)11-9-18-34(17-5-2)33(35)28-41-24-23-39-20-19-38-21-22-40-25-26-42-44(36,37)31-15-13-29(3)14-16-31/h2,7-16H,4,6,17-28H2,1,3H3/b11-9+. The van der Waals surface area contributed by atoms with E-state index in [1.807, 2.05) is 43.0 Å². The lowest BCUT2D eigenvalue weighted by atomic mass is 10.2. The number of unbranched alkanes of at least 4 members (excludes halogenated alkanes) is 1. The highest BCUT2D eigenvalue weighted by Gasteiger charge is 2.14. The molecule has 0 atom stereocenters. The summed E-state index contributed by atoms with van der Waals surface area (Å²) in [5.74, 6) is 3.44. The van der Waals surface area contributed by atoms with Crippen molar-refractivity contribution in [2.45, 2.75) is 36.5 Å². The van der Waals surface area contributed by atoms with Crippen LogP contribution in [0.5, 0.6) is 0 Å². The van der Waals surface area contributed by atoms with Crippen molar-refractivity contribution < 1.29 is 36.3 Å². The molecule has 0 heterocycles. The maximum absolute atomic E-state index is 12.6. The third-order valence-electron chi connectivity index (χ3n) is 6.05. The Bertz CT molecular complexity index is 1260. The number of ether oxygens (including phenoxy) is 4. The lowest BCUT2D eigenvalue weighted by Gasteiger charge is -2.18. The molecule has 2 aromatic rings. The summed E-state index contributed by atoms with van der Waals surface area (Å²) in [6, 6.07) is 14.7. The highest BCUT2D eigenvalue weighted by Crippen LogP contribution is 2.24. The molecule has 44 heavy (non-hydrogen) atoms. The molecule has 0 saturated heterocycles. The predicted octanol–water partition coefficient (Wildman–Crippen LogP) is 4.83. The van der Waals surface area contributed by atoms with Gasteiger partial charge in [0.2, 0.25) is 5.91 Å². The maximum atomic E-state index is 12.6. The van der Waals surface area contributed by atoms with Crippen LogP contribution in [0.4, 0.5) is 0 Å². The molecule has 0 aromatic heterocycles. The smallest absolute Gasteiger partial charge is 0.297 e. The van der Waals surface area contributed by atoms with Crippen molar-refractivity contribution in [2.75, 3.05) is 78.3 Å². The second-order valence-electron chi connectivity index (χ2n) is 9.60. The fourth-order valence-corrected chi connectivity index (χ4v) is 5.66. The molecule has 0 bridgehead atoms. The molecular formula is C33H45NO8S2. The minimum absolute atomic E-state index is 0.0772. The van der Waals surface area contributed by atoms with E-state index >= 15 is 0 Å². The molecule has 0 fully saturated rings. The molecular weight excluding hydrogens is 602 g/mol. The zero-order valence-corrected chi connectivity index (χ0v) is 27.4. The van der Waals surface area contributed by atoms with Gasteiger partial charge in [0.1, 0.15) is 6.61 Å². The molecule has 2 aromatic carbocycles. The van der Waals surface area contributed by atoms with Gasteiger partial charge < -0.3 is 23.8 Å². The van der Waals surface area contributed by atoms with Crippen LogP contribution in [-0.2, 0) is 38.0 Å². The van der Waals surface area contributed by atoms with Gasteiger partial charge in [-0.25, -0.2) is 0 Å². The highest BCUT2D eigenvalue weighted by atomic mass is 32.2. The summed E-state index contributed by atoms with van der Waals surface area (Å²) < 4.78 is 50.9. The third kappa shape index (κ3) is 15.9. The van der Waals surface area contributed by atoms with Crippen LogP contribution in [0.15, 0.2) is 64.4 Å². The molecule has 0 saturated carbocycles. The number of carbonyl (C=O) groups is 1. The third-order valence-corrected chi connectivity index (χ3v) is 8.55. The molecule has 11 heteroatoms. The number of nitrogens with zero attached hydrogens (tertiary/aromatic N) is 1. The van der Waals surface area contributed by atoms with Gasteiger partial charge in [0.15, 0.2) is 0 Å². The molecule has 242 valence electrons. The van der Waals surface area contributed by atoms with E-state index in [2.05, 4.69) is 25.0 Å². The number of terminal acetylenes is 1. The van der Waals surface area contributed by atoms with E-state index in [4.69, 9.17) is 29.6 Å². The molecule has 0 aliphatic carbocycles. The van der Waals surface area contributed by atoms with Crippen molar-refractivity contribution >= 4 is 33.9 Å². The average Bonchev–Trinajstić information content (AvgIpc) is 3.01. The highest BCUT2D eigenvalue weighted by molar-refractivity contribution is 7.99. The number of aryl methyl sites for hydroxylation is 1. The normalized spacial score (nSPS) is 11.6. The van der Waals surface area contributed by atoms with E-state index in [0.29, 0.717) is 39.6 Å². The topological polar surface area (TPSA) is 101 Å². The van der Waals surface area contributed by atoms with Crippen LogP contribution in [0.3, 0.4) is 0 Å². The van der Waals surface area contributed by atoms with Gasteiger partial charge in [0.25, 0.3) is 10.1 Å². The van der Waals surface area contributed by atoms with Gasteiger partial charge >= 0.3 is 0 Å². The number of thioether (sulfide) groups is 1. The van der Waals surface area contributed by atoms with Crippen LogP contribution in [0.25, 0.3) is 6.08 Å². The summed E-state index contributed by atoms with van der Waals surface area (Å²) in [5, 5.41) is 0. The van der Waals surface area contributed by atoms with E-state index < -0.39 is 10.1 Å². The van der Waals surface area contributed by atoms with Gasteiger partial charge in [-0.1, -0.05) is 67.3 Å². The van der Waals surface area contributed by atoms with E-state index in [1.165, 1.54) is 29.9 Å². The Morgan fingerprint density at radius 2 is 1.52 bits per heavy atom. The molecule has 0 radical (unpaired) electrons. The zero-order valence-electron chi connectivity index (χ0n) is 25.8. The first-order valence-corrected chi connectivity index (χ1v) is 17.1. The summed E-state index contributed by atoms with van der Waals surface area (Å²) in [7, 11) is -3.79. The maximum Gasteiger partial charge on any atom is 0.297 e. The number of carbonyl (C=O) groups excluding carboxylic acids is 1. The van der Waals surface area contributed by atoms with E-state index in [9.17, 15) is 13.2 Å². The molecule has 1 amide bonds. The van der Waals surface area contributed by atoms with Crippen LogP contribution >= 0.6 is 11.8 Å². The SMILES string of the molecule is C#CCN(C/C=C/c1ccccc1SCCCC)C(=O)COCCOCCOCCOCCOS(=O)(=O)c1ccc(C)cc1. The largest absolute Gasteiger partial charge is 0.377 e. The van der Waals surface area contributed by atoms with Gasteiger partial charge in [-0.15, -0.1) is 18.2 Å². The Morgan fingerprint density at radius 3 is 2.16 bits per heavy atom. The lowest BCUT2D eigenvalue weighted by Crippen LogP contribution is -2.34. The second-order valence-corrected chi connectivity index (χ2v) is 12.4. The lowest BCUT2D eigenvalue weighted by molar-refractivity contribution is -0.135. The Labute approximate surface area is 267 Å². The summed E-state index contributed by atoms with van der Waals surface area (Å²) in [6.07, 6.45) is 11.8. The number of benzene rings is 2. The first kappa shape index (κ1) is 37.5. The minimum Gasteiger partial charge on any atom is -0.377 e. The van der Waals surface area contributed by atoms with E-state index in [0.717, 1.165) is 16.9 Å². The van der Waals surface area contributed by atoms with Gasteiger partial charge in [-0.2, -0.15) is 8.42 Å². The molecule has 0 N–H and O–H groups in total. The predicted molar refractivity (Wildman–Crippen MR) is 174 cm³/mol. The Morgan fingerprint density at radius 1 is 0.909 bits per heavy atom. The molecule has 0 aliphatic rings. The van der Waals surface area contributed by atoms with Gasteiger partial charge in [-0.3, -0.25) is 8.98 Å². The average molecular weight is 648 g/mol. The number of amides is 1. The van der Waals surface area contributed by atoms with Crippen LogP contribution in [0.2, 0.25) is 0 Å². The van der Waals surface area contributed by atoms with Crippen molar-refractivity contribution in [3.8, 4) is 12.3 Å². The quantitative estimate of drug-likeness (QED) is 0.0686. The molecule has 2 rings (SSSR count). The van der Waals surface area contributed by atoms with Crippen molar-refractivity contribution in [1.82, 2.24) is 4.90 Å². The molecule has 9 nitrogen and oxygen atoms in total. The summed E-state index contributed by atoms with van der Waals surface area (Å²) in [5.41, 5.74) is 2.10. The van der Waals surface area contributed by atoms with Crippen LogP contribution in [0.1, 0.15) is 30.9 Å². The van der Waals surface area contributed by atoms with E-state index in [-0.39, 0.29) is 43.8 Å². The summed E-state index contributed by atoms with van der Waals surface area (Å²) >= 11 is 1.84. The summed E-state index contributed by atoms with van der Waals surface area (Å²) in [6.45, 7) is 6.59. The fraction of sp³-hybridized carbons (Fsp3) is 0.485. The molecule has 0 aliphatic heterocycles. The van der Waals surface area contributed by atoms with Gasteiger partial charge in [0.05, 0.1) is 64.3 Å². The monoisotopic (exact) mass is 647 g/mol. The number of rotatable bonds is 24. The summed E-state index contributed by atoms with van der Waals surface area (Å²) in [4.78, 5) is 15.5. The van der Waals surface area contributed by atoms with Crippen LogP contribution < -0.4 is 0 Å². The Balaban J connectivity index is 1.50. The van der Waals surface area contributed by atoms with Crippen molar-refractivity contribution in [3.63, 3.8) is 0 Å². The van der Waals surface area contributed by atoms with Gasteiger partial charge in [-0.05, 0) is 42.9 Å². The number of hydrogen-bond acceptors (Lipinski definition) is 9. The minimum atomic E-state index is -3.79. The first-order valence-electron chi connectivity index (χ1n) is 14.7. The van der Waals surface area contributed by atoms with Crippen molar-refractivity contribution in [3.05, 3.63) is 65.7 Å². The first-order chi connectivity index (χ1) is 21.4. The fourth-order valence-electron chi connectivity index (χ4n) is 3.63. The van der Waals surface area contributed by atoms with E-state index in [1.54, 1.807) is 17.0 Å². The van der Waals surface area contributed by atoms with Crippen molar-refractivity contribution in [1.29, 1.82) is 0 Å². The Hall–Kier alpha value is -2.69. The zero-order chi connectivity index (χ0) is 31.9. The van der Waals surface area contributed by atoms with Crippen LogP contribution in [-0.4, -0.2) is 97.5 Å². The number of hydrogen-bond donors (Lipinski definition) is 0. The van der Waals surface area contributed by atoms with Crippen LogP contribution in [0, 0.1) is 19.3 Å². The Kier molecular flexibility index (Phi) is 19.4. The van der Waals surface area contributed by atoms with Crippen molar-refractivity contribution in [2.24, 2.45) is 0 Å². The molecule has 0 unspecified atom stereocenters. The second kappa shape index (κ2) is 22.8.